The van der Waals surface area contributed by atoms with Crippen LogP contribution in [-0.2, 0) is 4.79 Å². The van der Waals surface area contributed by atoms with Crippen molar-refractivity contribution < 1.29 is 14.3 Å². The molecule has 2 amide bonds. The fourth-order valence-corrected chi connectivity index (χ4v) is 2.64. The van der Waals surface area contributed by atoms with E-state index in [9.17, 15) is 9.59 Å². The lowest BCUT2D eigenvalue weighted by molar-refractivity contribution is -0.118. The van der Waals surface area contributed by atoms with Crippen LogP contribution in [0, 0.1) is 0 Å². The molecule has 0 fully saturated rings. The molecule has 1 aliphatic heterocycles. The highest BCUT2D eigenvalue weighted by molar-refractivity contribution is 7.15. The Labute approximate surface area is 130 Å². The summed E-state index contributed by atoms with van der Waals surface area (Å²) >= 11 is 1.35. The third-order valence-corrected chi connectivity index (χ3v) is 4.17. The number of hydrogen-bond donors (Lipinski definition) is 2. The molecule has 0 saturated carbocycles. The van der Waals surface area contributed by atoms with Gasteiger partial charge in [0.25, 0.3) is 11.8 Å². The molecule has 0 unspecified atom stereocenters. The van der Waals surface area contributed by atoms with Crippen LogP contribution < -0.4 is 15.4 Å². The Hall–Kier alpha value is -2.48. The summed E-state index contributed by atoms with van der Waals surface area (Å²) in [4.78, 5) is 23.4. The molecule has 0 spiro atoms. The molecule has 2 N–H and O–H groups in total. The van der Waals surface area contributed by atoms with Gasteiger partial charge in [0.15, 0.2) is 6.61 Å². The van der Waals surface area contributed by atoms with E-state index in [1.165, 1.54) is 11.3 Å². The van der Waals surface area contributed by atoms with Gasteiger partial charge in [-0.05, 0) is 18.2 Å². The molecule has 7 nitrogen and oxygen atoms in total. The lowest BCUT2D eigenvalue weighted by Crippen LogP contribution is -2.25. The van der Waals surface area contributed by atoms with E-state index in [0.29, 0.717) is 22.1 Å². The van der Waals surface area contributed by atoms with Gasteiger partial charge in [-0.2, -0.15) is 0 Å². The molecule has 1 aliphatic rings. The molecule has 0 atom stereocenters. The number of hydrogen-bond acceptors (Lipinski definition) is 6. The van der Waals surface area contributed by atoms with Crippen molar-refractivity contribution in [1.29, 1.82) is 0 Å². The number of nitrogens with one attached hydrogen (secondary N) is 2. The van der Waals surface area contributed by atoms with Crippen LogP contribution in [0.25, 0.3) is 0 Å². The van der Waals surface area contributed by atoms with Crippen molar-refractivity contribution in [3.05, 3.63) is 28.8 Å². The average molecular weight is 318 g/mol. The Morgan fingerprint density at radius 2 is 2.23 bits per heavy atom. The van der Waals surface area contributed by atoms with E-state index < -0.39 is 0 Å². The molecule has 2 aromatic rings. The highest BCUT2D eigenvalue weighted by atomic mass is 32.1. The molecule has 1 aromatic heterocycles. The SMILES string of the molecule is CC(C)c1nnc(NC(=O)c2ccc3c(c2)OCC(=O)N3)s1. The fourth-order valence-electron chi connectivity index (χ4n) is 1.90. The number of anilines is 2. The minimum absolute atomic E-state index is 0.0494. The van der Waals surface area contributed by atoms with Crippen LogP contribution in [0.3, 0.4) is 0 Å². The Morgan fingerprint density at radius 1 is 1.41 bits per heavy atom. The molecule has 0 aliphatic carbocycles. The van der Waals surface area contributed by atoms with E-state index in [1.807, 2.05) is 13.8 Å². The summed E-state index contributed by atoms with van der Waals surface area (Å²) in [5, 5.41) is 14.7. The van der Waals surface area contributed by atoms with Crippen molar-refractivity contribution >= 4 is 34.0 Å². The first kappa shape index (κ1) is 14.5. The fraction of sp³-hybridized carbons (Fsp3) is 0.286. The minimum atomic E-state index is -0.297. The monoisotopic (exact) mass is 318 g/mol. The van der Waals surface area contributed by atoms with Crippen molar-refractivity contribution in [2.24, 2.45) is 0 Å². The zero-order valence-corrected chi connectivity index (χ0v) is 12.9. The average Bonchev–Trinajstić information content (AvgIpc) is 2.95. The van der Waals surface area contributed by atoms with Crippen LogP contribution in [0.1, 0.15) is 35.1 Å². The summed E-state index contributed by atoms with van der Waals surface area (Å²) in [7, 11) is 0. The van der Waals surface area contributed by atoms with E-state index in [-0.39, 0.29) is 24.3 Å². The van der Waals surface area contributed by atoms with Crippen molar-refractivity contribution in [1.82, 2.24) is 10.2 Å². The number of carbonyl (C=O) groups is 2. The number of fused-ring (bicyclic) bond motifs is 1. The maximum atomic E-state index is 12.2. The van der Waals surface area contributed by atoms with Crippen molar-refractivity contribution in [3.63, 3.8) is 0 Å². The molecule has 3 rings (SSSR count). The van der Waals surface area contributed by atoms with Crippen molar-refractivity contribution in [2.45, 2.75) is 19.8 Å². The summed E-state index contributed by atoms with van der Waals surface area (Å²) in [5.74, 6) is 0.242. The smallest absolute Gasteiger partial charge is 0.262 e. The number of carbonyl (C=O) groups excluding carboxylic acids is 2. The number of rotatable bonds is 3. The molecule has 0 bridgehead atoms. The van der Waals surface area contributed by atoms with Crippen molar-refractivity contribution in [3.8, 4) is 5.75 Å². The summed E-state index contributed by atoms with van der Waals surface area (Å²) in [6.07, 6.45) is 0. The molecule has 0 saturated heterocycles. The van der Waals surface area contributed by atoms with Crippen molar-refractivity contribution in [2.75, 3.05) is 17.2 Å². The third-order valence-electron chi connectivity index (χ3n) is 3.03. The van der Waals surface area contributed by atoms with E-state index in [0.717, 1.165) is 5.01 Å². The molecule has 114 valence electrons. The zero-order chi connectivity index (χ0) is 15.7. The molecular formula is C14H14N4O3S. The quantitative estimate of drug-likeness (QED) is 0.905. The number of aromatic nitrogens is 2. The van der Waals surface area contributed by atoms with Gasteiger partial charge >= 0.3 is 0 Å². The number of benzene rings is 1. The normalized spacial score (nSPS) is 13.3. The van der Waals surface area contributed by atoms with Crippen LogP contribution in [0.5, 0.6) is 5.75 Å². The van der Waals surface area contributed by atoms with E-state index in [1.54, 1.807) is 18.2 Å². The lowest BCUT2D eigenvalue weighted by Gasteiger charge is -2.18. The van der Waals surface area contributed by atoms with Gasteiger partial charge in [-0.1, -0.05) is 25.2 Å². The predicted molar refractivity (Wildman–Crippen MR) is 82.5 cm³/mol. The zero-order valence-electron chi connectivity index (χ0n) is 12.0. The number of ether oxygens (including phenoxy) is 1. The molecule has 8 heteroatoms. The molecule has 0 radical (unpaired) electrons. The summed E-state index contributed by atoms with van der Waals surface area (Å²) in [6.45, 7) is 3.98. The Bertz CT molecular complexity index is 741. The van der Waals surface area contributed by atoms with Gasteiger partial charge in [0.1, 0.15) is 10.8 Å². The largest absolute Gasteiger partial charge is 0.482 e. The molecule has 2 heterocycles. The molecule has 1 aromatic carbocycles. The summed E-state index contributed by atoms with van der Waals surface area (Å²) in [5.41, 5.74) is 0.988. The van der Waals surface area contributed by atoms with E-state index in [2.05, 4.69) is 20.8 Å². The molecule has 22 heavy (non-hydrogen) atoms. The maximum absolute atomic E-state index is 12.2. The first-order valence-electron chi connectivity index (χ1n) is 6.74. The Balaban J connectivity index is 1.76. The first-order valence-corrected chi connectivity index (χ1v) is 7.56. The van der Waals surface area contributed by atoms with Gasteiger partial charge in [0.05, 0.1) is 5.69 Å². The minimum Gasteiger partial charge on any atom is -0.482 e. The van der Waals surface area contributed by atoms with Crippen LogP contribution in [0.2, 0.25) is 0 Å². The lowest BCUT2D eigenvalue weighted by atomic mass is 10.1. The van der Waals surface area contributed by atoms with Gasteiger partial charge in [0, 0.05) is 11.5 Å². The second kappa shape index (κ2) is 5.72. The highest BCUT2D eigenvalue weighted by Crippen LogP contribution is 2.29. The standard InChI is InChI=1S/C14H14N4O3S/c1-7(2)13-17-18-14(22-13)16-12(20)8-3-4-9-10(5-8)21-6-11(19)15-9/h3-5,7H,6H2,1-2H3,(H,15,19)(H,16,18,20). The topological polar surface area (TPSA) is 93.2 Å². The Kier molecular flexibility index (Phi) is 3.76. The van der Waals surface area contributed by atoms with Gasteiger partial charge in [-0.25, -0.2) is 0 Å². The first-order chi connectivity index (χ1) is 10.5. The Morgan fingerprint density at radius 3 is 2.95 bits per heavy atom. The summed E-state index contributed by atoms with van der Waals surface area (Å²) in [6, 6.07) is 4.85. The maximum Gasteiger partial charge on any atom is 0.262 e. The van der Waals surface area contributed by atoms with Gasteiger partial charge < -0.3 is 10.1 Å². The second-order valence-corrected chi connectivity index (χ2v) is 6.11. The van der Waals surface area contributed by atoms with Crippen LogP contribution in [-0.4, -0.2) is 28.6 Å². The number of amides is 2. The summed E-state index contributed by atoms with van der Waals surface area (Å²) < 4.78 is 5.29. The highest BCUT2D eigenvalue weighted by Gasteiger charge is 2.18. The molecular weight excluding hydrogens is 304 g/mol. The number of nitrogens with zero attached hydrogens (tertiary/aromatic N) is 2. The van der Waals surface area contributed by atoms with Crippen LogP contribution in [0.4, 0.5) is 10.8 Å². The second-order valence-electron chi connectivity index (χ2n) is 5.10. The third kappa shape index (κ3) is 2.91. The van der Waals surface area contributed by atoms with Gasteiger partial charge in [-0.15, -0.1) is 10.2 Å². The van der Waals surface area contributed by atoms with Crippen LogP contribution in [0.15, 0.2) is 18.2 Å². The van der Waals surface area contributed by atoms with Gasteiger partial charge in [-0.3, -0.25) is 14.9 Å². The predicted octanol–water partition coefficient (Wildman–Crippen LogP) is 2.24. The van der Waals surface area contributed by atoms with E-state index in [4.69, 9.17) is 4.74 Å². The van der Waals surface area contributed by atoms with Gasteiger partial charge in [0.2, 0.25) is 5.13 Å². The van der Waals surface area contributed by atoms with E-state index >= 15 is 0 Å². The van der Waals surface area contributed by atoms with Crippen LogP contribution >= 0.6 is 11.3 Å².